The van der Waals surface area contributed by atoms with Crippen molar-refractivity contribution >= 4 is 0 Å². The van der Waals surface area contributed by atoms with Crippen molar-refractivity contribution in [1.82, 2.24) is 4.90 Å². The number of hydrogen-bond acceptors (Lipinski definition) is 3. The van der Waals surface area contributed by atoms with E-state index in [2.05, 4.69) is 25.7 Å². The van der Waals surface area contributed by atoms with Gasteiger partial charge in [0.2, 0.25) is 0 Å². The fourth-order valence-corrected chi connectivity index (χ4v) is 5.37. The Labute approximate surface area is 130 Å². The summed E-state index contributed by atoms with van der Waals surface area (Å²) in [5, 5.41) is 10.3. The molecule has 2 aliphatic carbocycles. The Morgan fingerprint density at radius 2 is 1.90 bits per heavy atom. The monoisotopic (exact) mass is 295 g/mol. The van der Waals surface area contributed by atoms with Crippen molar-refractivity contribution in [2.24, 2.45) is 16.7 Å². The van der Waals surface area contributed by atoms with Crippen molar-refractivity contribution in [3.63, 3.8) is 0 Å². The van der Waals surface area contributed by atoms with E-state index in [-0.39, 0.29) is 11.5 Å². The second-order valence-electron chi connectivity index (χ2n) is 8.64. The van der Waals surface area contributed by atoms with Crippen LogP contribution in [0.3, 0.4) is 0 Å². The molecule has 1 heterocycles. The number of hydrogen-bond donors (Lipinski definition) is 1. The molecule has 0 amide bonds. The largest absolute Gasteiger partial charge is 0.389 e. The highest BCUT2D eigenvalue weighted by atomic mass is 16.5. The first-order valence-electron chi connectivity index (χ1n) is 8.94. The zero-order valence-electron chi connectivity index (χ0n) is 14.1. The first-order valence-corrected chi connectivity index (χ1v) is 8.94. The van der Waals surface area contributed by atoms with Crippen LogP contribution in [-0.2, 0) is 4.74 Å². The summed E-state index contributed by atoms with van der Waals surface area (Å²) in [7, 11) is 0. The molecular formula is C18H33NO2. The van der Waals surface area contributed by atoms with Gasteiger partial charge in [-0.05, 0) is 61.9 Å². The predicted molar refractivity (Wildman–Crippen MR) is 85.3 cm³/mol. The zero-order valence-corrected chi connectivity index (χ0v) is 14.1. The third-order valence-corrected chi connectivity index (χ3v) is 6.51. The molecule has 2 bridgehead atoms. The number of rotatable bonds is 5. The van der Waals surface area contributed by atoms with Crippen molar-refractivity contribution in [3.8, 4) is 0 Å². The average molecular weight is 295 g/mol. The summed E-state index contributed by atoms with van der Waals surface area (Å²) in [4.78, 5) is 2.39. The van der Waals surface area contributed by atoms with Gasteiger partial charge < -0.3 is 14.7 Å². The lowest BCUT2D eigenvalue weighted by atomic mass is 9.70. The second-order valence-corrected chi connectivity index (χ2v) is 8.64. The summed E-state index contributed by atoms with van der Waals surface area (Å²) in [6.45, 7) is 10.7. The highest BCUT2D eigenvalue weighted by Gasteiger charge is 2.60. The van der Waals surface area contributed by atoms with Crippen molar-refractivity contribution in [1.29, 1.82) is 0 Å². The Kier molecular flexibility index (Phi) is 4.37. The molecule has 0 aromatic rings. The molecule has 0 unspecified atom stereocenters. The lowest BCUT2D eigenvalue weighted by Crippen LogP contribution is -2.45. The van der Waals surface area contributed by atoms with Crippen LogP contribution < -0.4 is 0 Å². The van der Waals surface area contributed by atoms with Gasteiger partial charge in [0.05, 0.1) is 18.8 Å². The molecule has 1 N–H and O–H groups in total. The van der Waals surface area contributed by atoms with Crippen LogP contribution in [0.15, 0.2) is 0 Å². The quantitative estimate of drug-likeness (QED) is 0.846. The van der Waals surface area contributed by atoms with Crippen LogP contribution in [0, 0.1) is 16.7 Å². The maximum Gasteiger partial charge on any atom is 0.0900 e. The first-order chi connectivity index (χ1) is 9.92. The van der Waals surface area contributed by atoms with Crippen molar-refractivity contribution in [3.05, 3.63) is 0 Å². The molecule has 0 aromatic carbocycles. The molecule has 3 heteroatoms. The van der Waals surface area contributed by atoms with Gasteiger partial charge in [0.25, 0.3) is 0 Å². The van der Waals surface area contributed by atoms with Gasteiger partial charge in [-0.15, -0.1) is 0 Å². The van der Waals surface area contributed by atoms with Gasteiger partial charge in [-0.25, -0.2) is 0 Å². The van der Waals surface area contributed by atoms with Crippen LogP contribution in [0.4, 0.5) is 0 Å². The minimum Gasteiger partial charge on any atom is -0.389 e. The fourth-order valence-electron chi connectivity index (χ4n) is 5.37. The van der Waals surface area contributed by atoms with Crippen LogP contribution in [0.25, 0.3) is 0 Å². The molecule has 3 nitrogen and oxygen atoms in total. The lowest BCUT2D eigenvalue weighted by molar-refractivity contribution is -0.113. The average Bonchev–Trinajstić information content (AvgIpc) is 2.90. The number of aliphatic hydroxyl groups is 1. The smallest absolute Gasteiger partial charge is 0.0900 e. The summed E-state index contributed by atoms with van der Waals surface area (Å²) in [5.74, 6) is 0.812. The Morgan fingerprint density at radius 3 is 2.52 bits per heavy atom. The summed E-state index contributed by atoms with van der Waals surface area (Å²) in [6, 6.07) is 0. The number of fused-ring (bicyclic) bond motifs is 2. The maximum absolute atomic E-state index is 10.3. The predicted octanol–water partition coefficient (Wildman–Crippen LogP) is 3.06. The molecule has 2 saturated carbocycles. The summed E-state index contributed by atoms with van der Waals surface area (Å²) >= 11 is 0. The molecule has 0 radical (unpaired) electrons. The van der Waals surface area contributed by atoms with Gasteiger partial charge in [-0.3, -0.25) is 0 Å². The zero-order chi connectivity index (χ0) is 15.1. The topological polar surface area (TPSA) is 32.7 Å². The minimum absolute atomic E-state index is 0.276. The fraction of sp³-hybridized carbons (Fsp3) is 1.00. The maximum atomic E-state index is 10.3. The molecule has 3 aliphatic rings. The Bertz CT molecular complexity index is 359. The molecule has 1 saturated heterocycles. The van der Waals surface area contributed by atoms with Crippen molar-refractivity contribution in [2.45, 2.75) is 71.5 Å². The molecule has 1 aliphatic heterocycles. The number of β-amino-alcohol motifs (C(OH)–C–C–N with tert-alkyl or cyclic N) is 1. The van der Waals surface area contributed by atoms with E-state index >= 15 is 0 Å². The van der Waals surface area contributed by atoms with Gasteiger partial charge in [-0.1, -0.05) is 27.2 Å². The molecule has 0 spiro atoms. The third kappa shape index (κ3) is 3.02. The number of ether oxygens (including phenoxy) is 1. The number of likely N-dealkylation sites (tertiary alicyclic amines) is 1. The van der Waals surface area contributed by atoms with E-state index in [0.717, 1.165) is 25.6 Å². The SMILES string of the molecule is CC1(C)[C@@H]2CC[C@](C)(C2)[C@@H]1OC[C@H](O)CN1CCCCC1. The van der Waals surface area contributed by atoms with Crippen LogP contribution in [0.1, 0.15) is 59.3 Å². The Balaban J connectivity index is 1.50. The normalized spacial score (nSPS) is 40.6. The van der Waals surface area contributed by atoms with Crippen LogP contribution in [0.2, 0.25) is 0 Å². The van der Waals surface area contributed by atoms with Gasteiger partial charge >= 0.3 is 0 Å². The van der Waals surface area contributed by atoms with Crippen molar-refractivity contribution < 1.29 is 9.84 Å². The molecule has 21 heavy (non-hydrogen) atoms. The third-order valence-electron chi connectivity index (χ3n) is 6.51. The lowest BCUT2D eigenvalue weighted by Gasteiger charge is -2.42. The second kappa shape index (κ2) is 5.82. The summed E-state index contributed by atoms with van der Waals surface area (Å²) in [5.41, 5.74) is 0.622. The standard InChI is InChI=1S/C18H33NO2/c1-17(2)14-7-8-18(3,11-14)16(17)21-13-15(20)12-19-9-5-4-6-10-19/h14-16,20H,4-13H2,1-3H3/t14-,15-,16-,18-/m1/s1. The van der Waals surface area contributed by atoms with Crippen LogP contribution >= 0.6 is 0 Å². The molecule has 3 rings (SSSR count). The number of piperidine rings is 1. The molecule has 122 valence electrons. The summed E-state index contributed by atoms with van der Waals surface area (Å²) in [6.07, 6.45) is 7.87. The molecule has 3 fully saturated rings. The van der Waals surface area contributed by atoms with Gasteiger partial charge in [0.15, 0.2) is 0 Å². The summed E-state index contributed by atoms with van der Waals surface area (Å²) < 4.78 is 6.28. The van der Waals surface area contributed by atoms with Gasteiger partial charge in [0, 0.05) is 6.54 Å². The highest BCUT2D eigenvalue weighted by Crippen LogP contribution is 2.63. The molecular weight excluding hydrogens is 262 g/mol. The van der Waals surface area contributed by atoms with E-state index < -0.39 is 0 Å². The van der Waals surface area contributed by atoms with Crippen LogP contribution in [0.5, 0.6) is 0 Å². The van der Waals surface area contributed by atoms with Gasteiger partial charge in [0.1, 0.15) is 0 Å². The van der Waals surface area contributed by atoms with E-state index in [0.29, 0.717) is 18.1 Å². The number of aliphatic hydroxyl groups excluding tert-OH is 1. The van der Waals surface area contributed by atoms with E-state index in [1.807, 2.05) is 0 Å². The van der Waals surface area contributed by atoms with E-state index in [1.54, 1.807) is 0 Å². The Hall–Kier alpha value is -0.120. The molecule has 4 atom stereocenters. The van der Waals surface area contributed by atoms with Gasteiger partial charge in [-0.2, -0.15) is 0 Å². The number of nitrogens with zero attached hydrogens (tertiary/aromatic N) is 1. The first kappa shape index (κ1) is 15.8. The van der Waals surface area contributed by atoms with E-state index in [1.165, 1.54) is 38.5 Å². The molecule has 0 aromatic heterocycles. The van der Waals surface area contributed by atoms with E-state index in [9.17, 15) is 5.11 Å². The van der Waals surface area contributed by atoms with E-state index in [4.69, 9.17) is 4.74 Å². The highest BCUT2D eigenvalue weighted by molar-refractivity contribution is 5.09. The minimum atomic E-state index is -0.332. The van der Waals surface area contributed by atoms with Crippen molar-refractivity contribution in [2.75, 3.05) is 26.2 Å². The Morgan fingerprint density at radius 1 is 1.19 bits per heavy atom. The van der Waals surface area contributed by atoms with Crippen LogP contribution in [-0.4, -0.2) is 48.5 Å².